The van der Waals surface area contributed by atoms with Gasteiger partial charge in [0.25, 0.3) is 0 Å². The zero-order valence-electron chi connectivity index (χ0n) is 14.2. The molecule has 1 saturated heterocycles. The Kier molecular flexibility index (Phi) is 4.95. The molecule has 1 aliphatic heterocycles. The summed E-state index contributed by atoms with van der Waals surface area (Å²) >= 11 is 7.89. The van der Waals surface area contributed by atoms with Crippen molar-refractivity contribution in [2.45, 2.75) is 6.54 Å². The first kappa shape index (κ1) is 17.1. The highest BCUT2D eigenvalue weighted by Crippen LogP contribution is 2.26. The quantitative estimate of drug-likeness (QED) is 0.740. The lowest BCUT2D eigenvalue weighted by atomic mass is 10.2. The van der Waals surface area contributed by atoms with Crippen LogP contribution in [0.5, 0.6) is 0 Å². The summed E-state index contributed by atoms with van der Waals surface area (Å²) in [5, 5.41) is 4.66. The fourth-order valence-corrected chi connectivity index (χ4v) is 4.28. The zero-order valence-corrected chi connectivity index (χ0v) is 15.8. The highest BCUT2D eigenvalue weighted by Gasteiger charge is 2.22. The van der Waals surface area contributed by atoms with Gasteiger partial charge in [0.05, 0.1) is 27.5 Å². The van der Waals surface area contributed by atoms with Crippen molar-refractivity contribution in [1.29, 1.82) is 0 Å². The molecule has 0 atom stereocenters. The SMILES string of the molecule is O=C(NCc1nc2ccccc2s1)N1CCN(c2ccccc2Cl)CC1. The Hall–Kier alpha value is -2.31. The predicted octanol–water partition coefficient (Wildman–Crippen LogP) is 3.98. The Labute approximate surface area is 161 Å². The number of carbonyl (C=O) groups excluding carboxylic acids is 1. The second kappa shape index (κ2) is 7.51. The molecule has 4 rings (SSSR count). The molecule has 0 unspecified atom stereocenters. The standard InChI is InChI=1S/C19H19ClN4OS/c20-14-5-1-3-7-16(14)23-9-11-24(12-10-23)19(25)21-13-18-22-15-6-2-4-8-17(15)26-18/h1-8H,9-13H2,(H,21,25). The number of aromatic nitrogens is 1. The smallest absolute Gasteiger partial charge is 0.317 e. The second-order valence-electron chi connectivity index (χ2n) is 6.16. The number of nitrogens with one attached hydrogen (secondary N) is 1. The van der Waals surface area contributed by atoms with Gasteiger partial charge in [0.2, 0.25) is 0 Å². The molecule has 1 aromatic heterocycles. The monoisotopic (exact) mass is 386 g/mol. The first-order valence-electron chi connectivity index (χ1n) is 8.57. The van der Waals surface area contributed by atoms with Crippen LogP contribution in [0, 0.1) is 0 Å². The number of halogens is 1. The number of rotatable bonds is 3. The molecule has 134 valence electrons. The summed E-state index contributed by atoms with van der Waals surface area (Å²) in [5.41, 5.74) is 2.01. The van der Waals surface area contributed by atoms with Gasteiger partial charge in [0.15, 0.2) is 0 Å². The van der Waals surface area contributed by atoms with Gasteiger partial charge in [0, 0.05) is 26.2 Å². The summed E-state index contributed by atoms with van der Waals surface area (Å²) < 4.78 is 1.14. The van der Waals surface area contributed by atoms with Gasteiger partial charge in [-0.25, -0.2) is 9.78 Å². The van der Waals surface area contributed by atoms with Gasteiger partial charge < -0.3 is 15.1 Å². The summed E-state index contributed by atoms with van der Waals surface area (Å²) in [6.07, 6.45) is 0. The molecular weight excluding hydrogens is 368 g/mol. The van der Waals surface area contributed by atoms with Gasteiger partial charge in [-0.3, -0.25) is 0 Å². The van der Waals surface area contributed by atoms with Crippen LogP contribution in [0.3, 0.4) is 0 Å². The van der Waals surface area contributed by atoms with Crippen LogP contribution in [0.1, 0.15) is 5.01 Å². The maximum Gasteiger partial charge on any atom is 0.317 e. The number of amides is 2. The van der Waals surface area contributed by atoms with Crippen LogP contribution in [0.25, 0.3) is 10.2 Å². The van der Waals surface area contributed by atoms with E-state index in [2.05, 4.69) is 15.2 Å². The zero-order chi connectivity index (χ0) is 17.9. The molecule has 0 spiro atoms. The first-order chi connectivity index (χ1) is 12.7. The maximum absolute atomic E-state index is 12.4. The lowest BCUT2D eigenvalue weighted by Gasteiger charge is -2.36. The van der Waals surface area contributed by atoms with Gasteiger partial charge >= 0.3 is 6.03 Å². The molecule has 5 nitrogen and oxygen atoms in total. The Bertz CT molecular complexity index is 888. The third-order valence-corrected chi connectivity index (χ3v) is 5.85. The number of carbonyl (C=O) groups is 1. The minimum absolute atomic E-state index is 0.0388. The number of hydrogen-bond donors (Lipinski definition) is 1. The molecule has 1 fully saturated rings. The van der Waals surface area contributed by atoms with Crippen molar-refractivity contribution in [3.8, 4) is 0 Å². The lowest BCUT2D eigenvalue weighted by molar-refractivity contribution is 0.194. The van der Waals surface area contributed by atoms with Crippen LogP contribution in [0.15, 0.2) is 48.5 Å². The van der Waals surface area contributed by atoms with E-state index in [-0.39, 0.29) is 6.03 Å². The molecule has 7 heteroatoms. The number of anilines is 1. The Morgan fingerprint density at radius 3 is 2.58 bits per heavy atom. The molecule has 2 heterocycles. The van der Waals surface area contributed by atoms with Gasteiger partial charge in [-0.15, -0.1) is 11.3 Å². The molecule has 0 radical (unpaired) electrons. The number of fused-ring (bicyclic) bond motifs is 1. The van der Waals surface area contributed by atoms with E-state index in [1.165, 1.54) is 0 Å². The van der Waals surface area contributed by atoms with E-state index < -0.39 is 0 Å². The van der Waals surface area contributed by atoms with E-state index in [4.69, 9.17) is 11.6 Å². The van der Waals surface area contributed by atoms with Crippen molar-refractivity contribution in [1.82, 2.24) is 15.2 Å². The third-order valence-electron chi connectivity index (χ3n) is 4.49. The largest absolute Gasteiger partial charge is 0.367 e. The molecule has 0 bridgehead atoms. The van der Waals surface area contributed by atoms with Crippen molar-refractivity contribution in [2.75, 3.05) is 31.1 Å². The first-order valence-corrected chi connectivity index (χ1v) is 9.77. The van der Waals surface area contributed by atoms with Crippen LogP contribution >= 0.6 is 22.9 Å². The number of thiazole rings is 1. The number of piperazine rings is 1. The van der Waals surface area contributed by atoms with Crippen molar-refractivity contribution < 1.29 is 4.79 Å². The van der Waals surface area contributed by atoms with E-state index in [0.29, 0.717) is 19.6 Å². The van der Waals surface area contributed by atoms with Gasteiger partial charge in [0.1, 0.15) is 5.01 Å². The van der Waals surface area contributed by atoms with E-state index in [9.17, 15) is 4.79 Å². The Morgan fingerprint density at radius 1 is 1.08 bits per heavy atom. The second-order valence-corrected chi connectivity index (χ2v) is 7.68. The molecule has 1 aliphatic rings. The summed E-state index contributed by atoms with van der Waals surface area (Å²) in [6.45, 7) is 3.37. The molecule has 2 amide bonds. The van der Waals surface area contributed by atoms with E-state index in [1.54, 1.807) is 11.3 Å². The van der Waals surface area contributed by atoms with Crippen LogP contribution in [0.4, 0.5) is 10.5 Å². The van der Waals surface area contributed by atoms with Gasteiger partial charge in [-0.05, 0) is 24.3 Å². The molecule has 2 aromatic carbocycles. The van der Waals surface area contributed by atoms with Crippen molar-refractivity contribution in [3.63, 3.8) is 0 Å². The summed E-state index contributed by atoms with van der Waals surface area (Å²) in [7, 11) is 0. The van der Waals surface area contributed by atoms with E-state index in [1.807, 2.05) is 53.4 Å². The van der Waals surface area contributed by atoms with E-state index >= 15 is 0 Å². The fraction of sp³-hybridized carbons (Fsp3) is 0.263. The molecule has 1 N–H and O–H groups in total. The molecule has 0 aliphatic carbocycles. The van der Waals surface area contributed by atoms with Crippen LogP contribution in [-0.2, 0) is 6.54 Å². The average molecular weight is 387 g/mol. The Balaban J connectivity index is 1.31. The lowest BCUT2D eigenvalue weighted by Crippen LogP contribution is -2.51. The van der Waals surface area contributed by atoms with E-state index in [0.717, 1.165) is 39.0 Å². The van der Waals surface area contributed by atoms with Crippen LogP contribution in [0.2, 0.25) is 5.02 Å². The highest BCUT2D eigenvalue weighted by atomic mass is 35.5. The minimum atomic E-state index is -0.0388. The number of hydrogen-bond acceptors (Lipinski definition) is 4. The van der Waals surface area contributed by atoms with Gasteiger partial charge in [-0.2, -0.15) is 0 Å². The predicted molar refractivity (Wildman–Crippen MR) is 107 cm³/mol. The van der Waals surface area contributed by atoms with Crippen LogP contribution in [-0.4, -0.2) is 42.1 Å². The molecule has 26 heavy (non-hydrogen) atoms. The third kappa shape index (κ3) is 3.61. The maximum atomic E-state index is 12.4. The topological polar surface area (TPSA) is 48.5 Å². The number of benzene rings is 2. The summed E-state index contributed by atoms with van der Waals surface area (Å²) in [6, 6.07) is 15.8. The Morgan fingerprint density at radius 2 is 1.81 bits per heavy atom. The van der Waals surface area contributed by atoms with Crippen molar-refractivity contribution in [2.24, 2.45) is 0 Å². The highest BCUT2D eigenvalue weighted by molar-refractivity contribution is 7.18. The number of urea groups is 1. The molecular formula is C19H19ClN4OS. The van der Waals surface area contributed by atoms with Crippen LogP contribution < -0.4 is 10.2 Å². The average Bonchev–Trinajstić information content (AvgIpc) is 3.10. The number of nitrogens with zero attached hydrogens (tertiary/aromatic N) is 3. The number of para-hydroxylation sites is 2. The van der Waals surface area contributed by atoms with Crippen molar-refractivity contribution >= 4 is 44.9 Å². The summed E-state index contributed by atoms with van der Waals surface area (Å²) in [5.74, 6) is 0. The molecule has 0 saturated carbocycles. The minimum Gasteiger partial charge on any atom is -0.367 e. The molecule has 3 aromatic rings. The normalized spacial score (nSPS) is 14.7. The fourth-order valence-electron chi connectivity index (χ4n) is 3.12. The van der Waals surface area contributed by atoms with Gasteiger partial charge in [-0.1, -0.05) is 35.9 Å². The summed E-state index contributed by atoms with van der Waals surface area (Å²) in [4.78, 5) is 21.1. The van der Waals surface area contributed by atoms with Crippen molar-refractivity contribution in [3.05, 3.63) is 58.6 Å².